The van der Waals surface area contributed by atoms with Gasteiger partial charge in [-0.3, -0.25) is 4.79 Å². The van der Waals surface area contributed by atoms with Gasteiger partial charge in [0, 0.05) is 19.1 Å². The number of hydrogen-bond acceptors (Lipinski definition) is 6. The highest BCUT2D eigenvalue weighted by Gasteiger charge is 2.60. The second-order valence-corrected chi connectivity index (χ2v) is 9.49. The van der Waals surface area contributed by atoms with E-state index in [0.717, 1.165) is 0 Å². The van der Waals surface area contributed by atoms with Crippen molar-refractivity contribution in [2.24, 2.45) is 11.3 Å². The molecular weight excluding hydrogens is 352 g/mol. The molecule has 0 aromatic carbocycles. The first-order chi connectivity index (χ1) is 12.3. The van der Waals surface area contributed by atoms with Crippen molar-refractivity contribution in [3.63, 3.8) is 0 Å². The molecule has 1 aliphatic heterocycles. The van der Waals surface area contributed by atoms with Crippen molar-refractivity contribution in [2.45, 2.75) is 71.6 Å². The minimum atomic E-state index is -0.828. The molecule has 1 saturated heterocycles. The first kappa shape index (κ1) is 21.3. The van der Waals surface area contributed by atoms with Gasteiger partial charge in [0.05, 0.1) is 12.5 Å². The van der Waals surface area contributed by atoms with E-state index in [2.05, 4.69) is 5.32 Å². The Kier molecular flexibility index (Phi) is 5.69. The van der Waals surface area contributed by atoms with E-state index in [1.165, 1.54) is 7.11 Å². The van der Waals surface area contributed by atoms with Crippen LogP contribution in [0.15, 0.2) is 0 Å². The van der Waals surface area contributed by atoms with Crippen molar-refractivity contribution in [2.75, 3.05) is 20.2 Å². The van der Waals surface area contributed by atoms with Gasteiger partial charge in [-0.2, -0.15) is 0 Å². The lowest BCUT2D eigenvalue weighted by atomic mass is 9.81. The number of nitrogens with one attached hydrogen (secondary N) is 1. The van der Waals surface area contributed by atoms with Gasteiger partial charge in [-0.15, -0.1) is 0 Å². The van der Waals surface area contributed by atoms with Gasteiger partial charge < -0.3 is 24.4 Å². The summed E-state index contributed by atoms with van der Waals surface area (Å²) in [5.74, 6) is -0.454. The molecular formula is C19H32N2O6. The van der Waals surface area contributed by atoms with Crippen molar-refractivity contribution >= 4 is 18.2 Å². The Balaban J connectivity index is 2.08. The van der Waals surface area contributed by atoms with Crippen LogP contribution in [-0.4, -0.2) is 60.5 Å². The lowest BCUT2D eigenvalue weighted by molar-refractivity contribution is -0.153. The summed E-state index contributed by atoms with van der Waals surface area (Å²) in [6, 6.07) is -0.204. The van der Waals surface area contributed by atoms with Crippen LogP contribution in [0.5, 0.6) is 0 Å². The molecule has 8 nitrogen and oxygen atoms in total. The minimum absolute atomic E-state index is 0.0996. The van der Waals surface area contributed by atoms with Crippen molar-refractivity contribution < 1.29 is 28.6 Å². The third-order valence-corrected chi connectivity index (χ3v) is 4.84. The Labute approximate surface area is 160 Å². The summed E-state index contributed by atoms with van der Waals surface area (Å²) in [6.45, 7) is 11.4. The van der Waals surface area contributed by atoms with E-state index < -0.39 is 28.8 Å². The molecule has 1 saturated carbocycles. The molecule has 0 aromatic heterocycles. The topological polar surface area (TPSA) is 94.2 Å². The van der Waals surface area contributed by atoms with Crippen molar-refractivity contribution in [3.8, 4) is 0 Å². The number of esters is 1. The molecule has 8 heteroatoms. The molecule has 0 bridgehead atoms. The molecule has 2 fully saturated rings. The Hall–Kier alpha value is -1.99. The molecule has 1 N–H and O–H groups in total. The lowest BCUT2D eigenvalue weighted by Crippen LogP contribution is -2.43. The number of likely N-dealkylation sites (tertiary alicyclic amines) is 1. The summed E-state index contributed by atoms with van der Waals surface area (Å²) < 4.78 is 15.8. The number of carbonyl (C=O) groups excluding carboxylic acids is 3. The number of fused-ring (bicyclic) bond motifs is 1. The minimum Gasteiger partial charge on any atom is -0.469 e. The maximum atomic E-state index is 12.6. The van der Waals surface area contributed by atoms with Gasteiger partial charge in [-0.25, -0.2) is 9.59 Å². The number of amides is 2. The molecule has 2 rings (SSSR count). The van der Waals surface area contributed by atoms with Crippen molar-refractivity contribution in [1.82, 2.24) is 10.2 Å². The Bertz CT molecular complexity index is 606. The highest BCUT2D eigenvalue weighted by molar-refractivity contribution is 5.81. The quantitative estimate of drug-likeness (QED) is 0.581. The van der Waals surface area contributed by atoms with Crippen LogP contribution < -0.4 is 5.32 Å². The van der Waals surface area contributed by atoms with E-state index in [0.29, 0.717) is 19.4 Å². The number of rotatable bonds is 2. The average Bonchev–Trinajstić information content (AvgIpc) is 2.96. The predicted molar refractivity (Wildman–Crippen MR) is 98.1 cm³/mol. The van der Waals surface area contributed by atoms with Gasteiger partial charge in [0.1, 0.15) is 11.2 Å². The highest BCUT2D eigenvalue weighted by Crippen LogP contribution is 2.49. The zero-order valence-electron chi connectivity index (χ0n) is 17.4. The predicted octanol–water partition coefficient (Wildman–Crippen LogP) is 2.70. The molecule has 3 atom stereocenters. The number of alkyl carbamates (subject to hydrolysis) is 1. The molecule has 2 amide bonds. The Morgan fingerprint density at radius 3 is 2.15 bits per heavy atom. The van der Waals surface area contributed by atoms with Crippen LogP contribution in [0.2, 0.25) is 0 Å². The maximum absolute atomic E-state index is 12.6. The number of carbonyl (C=O) groups is 3. The lowest BCUT2D eigenvalue weighted by Gasteiger charge is -2.28. The monoisotopic (exact) mass is 384 g/mol. The van der Waals surface area contributed by atoms with Crippen molar-refractivity contribution in [3.05, 3.63) is 0 Å². The molecule has 0 spiro atoms. The fourth-order valence-electron chi connectivity index (χ4n) is 3.94. The second-order valence-electron chi connectivity index (χ2n) is 9.49. The third-order valence-electron chi connectivity index (χ3n) is 4.84. The normalized spacial score (nSPS) is 27.7. The second kappa shape index (κ2) is 7.20. The largest absolute Gasteiger partial charge is 0.469 e. The molecule has 1 heterocycles. The summed E-state index contributed by atoms with van der Waals surface area (Å²) in [5, 5.41) is 2.85. The molecule has 1 aliphatic carbocycles. The molecule has 27 heavy (non-hydrogen) atoms. The van der Waals surface area contributed by atoms with Gasteiger partial charge in [0.2, 0.25) is 0 Å². The van der Waals surface area contributed by atoms with Crippen LogP contribution in [-0.2, 0) is 19.0 Å². The molecule has 0 aromatic rings. The van der Waals surface area contributed by atoms with Crippen LogP contribution >= 0.6 is 0 Å². The summed E-state index contributed by atoms with van der Waals surface area (Å²) in [4.78, 5) is 38.6. The van der Waals surface area contributed by atoms with E-state index in [-0.39, 0.29) is 24.5 Å². The fraction of sp³-hybridized carbons (Fsp3) is 0.842. The standard InChI is InChI=1S/C19H32N2O6/c1-17(2,3)26-15(23)20-13-8-12-10-21(16(24)27-18(4,5)6)11-19(12,9-13)14(22)25-7/h12-13H,8-11H2,1-7H3,(H,20,23)/t12-,13+,19-/m0/s1. The van der Waals surface area contributed by atoms with Crippen LogP contribution in [0.1, 0.15) is 54.4 Å². The number of methoxy groups -OCH3 is 1. The molecule has 154 valence electrons. The summed E-state index contributed by atoms with van der Waals surface area (Å²) in [6.07, 6.45) is 0.0459. The highest BCUT2D eigenvalue weighted by atomic mass is 16.6. The van der Waals surface area contributed by atoms with E-state index in [9.17, 15) is 14.4 Å². The summed E-state index contributed by atoms with van der Waals surface area (Å²) in [7, 11) is 1.35. The van der Waals surface area contributed by atoms with Crippen LogP contribution in [0.25, 0.3) is 0 Å². The first-order valence-corrected chi connectivity index (χ1v) is 9.31. The van der Waals surface area contributed by atoms with Gasteiger partial charge in [0.15, 0.2) is 0 Å². The number of nitrogens with zero attached hydrogens (tertiary/aromatic N) is 1. The zero-order valence-corrected chi connectivity index (χ0v) is 17.4. The first-order valence-electron chi connectivity index (χ1n) is 9.31. The Morgan fingerprint density at radius 2 is 1.63 bits per heavy atom. The smallest absolute Gasteiger partial charge is 0.410 e. The van der Waals surface area contributed by atoms with Crippen LogP contribution in [0.4, 0.5) is 9.59 Å². The SMILES string of the molecule is COC(=O)[C@]12C[C@H](NC(=O)OC(C)(C)C)C[C@H]1CN(C(=O)OC(C)(C)C)C2. The Morgan fingerprint density at radius 1 is 1.04 bits per heavy atom. The van der Waals surface area contributed by atoms with E-state index in [1.54, 1.807) is 46.4 Å². The molecule has 0 unspecified atom stereocenters. The molecule has 2 aliphatic rings. The number of hydrogen-bond donors (Lipinski definition) is 1. The summed E-state index contributed by atoms with van der Waals surface area (Å²) in [5.41, 5.74) is -2.02. The average molecular weight is 384 g/mol. The van der Waals surface area contributed by atoms with Gasteiger partial charge in [0.25, 0.3) is 0 Å². The van der Waals surface area contributed by atoms with Gasteiger partial charge >= 0.3 is 18.2 Å². The maximum Gasteiger partial charge on any atom is 0.410 e. The van der Waals surface area contributed by atoms with E-state index in [4.69, 9.17) is 14.2 Å². The number of ether oxygens (including phenoxy) is 3. The fourth-order valence-corrected chi connectivity index (χ4v) is 3.94. The molecule has 0 radical (unpaired) electrons. The van der Waals surface area contributed by atoms with Gasteiger partial charge in [-0.05, 0) is 60.3 Å². The van der Waals surface area contributed by atoms with Crippen LogP contribution in [0.3, 0.4) is 0 Å². The third kappa shape index (κ3) is 5.05. The van der Waals surface area contributed by atoms with E-state index in [1.807, 2.05) is 0 Å². The zero-order chi connectivity index (χ0) is 20.6. The van der Waals surface area contributed by atoms with Crippen molar-refractivity contribution in [1.29, 1.82) is 0 Å². The van der Waals surface area contributed by atoms with Crippen LogP contribution in [0, 0.1) is 11.3 Å². The van der Waals surface area contributed by atoms with E-state index >= 15 is 0 Å². The van der Waals surface area contributed by atoms with Gasteiger partial charge in [-0.1, -0.05) is 0 Å². The summed E-state index contributed by atoms with van der Waals surface area (Å²) >= 11 is 0.